The second-order valence-corrected chi connectivity index (χ2v) is 5.53. The van der Waals surface area contributed by atoms with Gasteiger partial charge in [0.15, 0.2) is 5.82 Å². The minimum Gasteiger partial charge on any atom is -0.370 e. The summed E-state index contributed by atoms with van der Waals surface area (Å²) in [6, 6.07) is 0. The summed E-state index contributed by atoms with van der Waals surface area (Å²) < 4.78 is 7.91. The zero-order valence-corrected chi connectivity index (χ0v) is 11.4. The molecule has 0 bridgehead atoms. The first-order chi connectivity index (χ1) is 8.70. The molecule has 1 heterocycles. The minimum absolute atomic E-state index is 0.305. The Balaban J connectivity index is 1.88. The highest BCUT2D eigenvalue weighted by Gasteiger charge is 2.27. The summed E-state index contributed by atoms with van der Waals surface area (Å²) in [6.07, 6.45) is 5.46. The van der Waals surface area contributed by atoms with Crippen LogP contribution in [0.5, 0.6) is 0 Å². The number of nitrogens with zero attached hydrogens (tertiary/aromatic N) is 3. The highest BCUT2D eigenvalue weighted by Crippen LogP contribution is 2.27. The van der Waals surface area contributed by atoms with Gasteiger partial charge in [-0.05, 0) is 31.2 Å². The lowest BCUT2D eigenvalue weighted by atomic mass is 10.1. The van der Waals surface area contributed by atoms with E-state index in [9.17, 15) is 0 Å². The van der Waals surface area contributed by atoms with Crippen molar-refractivity contribution >= 4 is 0 Å². The van der Waals surface area contributed by atoms with Crippen LogP contribution in [0.1, 0.15) is 38.9 Å². The molecule has 0 aromatic carbocycles. The third-order valence-corrected chi connectivity index (χ3v) is 3.55. The van der Waals surface area contributed by atoms with E-state index in [1.165, 1.54) is 12.8 Å². The third kappa shape index (κ3) is 3.29. The molecule has 0 amide bonds. The molecule has 18 heavy (non-hydrogen) atoms. The molecule has 1 aliphatic carbocycles. The summed E-state index contributed by atoms with van der Waals surface area (Å²) in [6.45, 7) is 6.52. The molecule has 0 aliphatic heterocycles. The van der Waals surface area contributed by atoms with Crippen LogP contribution in [-0.4, -0.2) is 27.4 Å². The van der Waals surface area contributed by atoms with Crippen molar-refractivity contribution in [2.45, 2.75) is 52.4 Å². The summed E-state index contributed by atoms with van der Waals surface area (Å²) in [5.41, 5.74) is 5.76. The van der Waals surface area contributed by atoms with Crippen molar-refractivity contribution in [3.63, 3.8) is 0 Å². The highest BCUT2D eigenvalue weighted by atomic mass is 16.5. The van der Waals surface area contributed by atoms with Gasteiger partial charge in [-0.2, -0.15) is 5.10 Å². The van der Waals surface area contributed by atoms with Crippen LogP contribution in [0.15, 0.2) is 6.33 Å². The van der Waals surface area contributed by atoms with Gasteiger partial charge >= 0.3 is 0 Å². The van der Waals surface area contributed by atoms with Gasteiger partial charge in [-0.25, -0.2) is 9.67 Å². The molecule has 2 unspecified atom stereocenters. The molecule has 1 aromatic heterocycles. The largest absolute Gasteiger partial charge is 0.370 e. The van der Waals surface area contributed by atoms with Crippen LogP contribution in [0.3, 0.4) is 0 Å². The quantitative estimate of drug-likeness (QED) is 0.834. The van der Waals surface area contributed by atoms with Crippen LogP contribution in [0, 0.1) is 11.8 Å². The first-order valence-electron chi connectivity index (χ1n) is 6.89. The predicted molar refractivity (Wildman–Crippen MR) is 69.8 cm³/mol. The zero-order chi connectivity index (χ0) is 13.0. The Morgan fingerprint density at radius 3 is 3.06 bits per heavy atom. The molecule has 2 N–H and O–H groups in total. The number of rotatable bonds is 6. The van der Waals surface area contributed by atoms with E-state index in [0.717, 1.165) is 25.3 Å². The molecule has 1 aliphatic rings. The molecule has 1 saturated carbocycles. The van der Waals surface area contributed by atoms with E-state index in [2.05, 4.69) is 23.9 Å². The molecule has 5 nitrogen and oxygen atoms in total. The van der Waals surface area contributed by atoms with Crippen LogP contribution in [0.2, 0.25) is 0 Å². The molecule has 2 rings (SSSR count). The van der Waals surface area contributed by atoms with Gasteiger partial charge in [-0.1, -0.05) is 20.3 Å². The number of ether oxygens (including phenoxy) is 1. The summed E-state index contributed by atoms with van der Waals surface area (Å²) in [5, 5.41) is 4.24. The SMILES string of the molecule is CC(C)Cn1ncnc1COC1CCCC1CN. The predicted octanol–water partition coefficient (Wildman–Crippen LogP) is 1.58. The van der Waals surface area contributed by atoms with Crippen LogP contribution in [0.4, 0.5) is 0 Å². The smallest absolute Gasteiger partial charge is 0.152 e. The van der Waals surface area contributed by atoms with Crippen molar-refractivity contribution in [3.8, 4) is 0 Å². The topological polar surface area (TPSA) is 66.0 Å². The van der Waals surface area contributed by atoms with Gasteiger partial charge in [0.1, 0.15) is 12.9 Å². The Labute approximate surface area is 109 Å². The Kier molecular flexibility index (Phi) is 4.72. The number of aromatic nitrogens is 3. The minimum atomic E-state index is 0.305. The van der Waals surface area contributed by atoms with Crippen molar-refractivity contribution in [2.75, 3.05) is 6.54 Å². The van der Waals surface area contributed by atoms with Crippen LogP contribution in [0.25, 0.3) is 0 Å². The monoisotopic (exact) mass is 252 g/mol. The fourth-order valence-electron chi connectivity index (χ4n) is 2.57. The summed E-state index contributed by atoms with van der Waals surface area (Å²) >= 11 is 0. The van der Waals surface area contributed by atoms with Gasteiger partial charge in [0.05, 0.1) is 6.10 Å². The van der Waals surface area contributed by atoms with Gasteiger partial charge in [0.2, 0.25) is 0 Å². The fraction of sp³-hybridized carbons (Fsp3) is 0.846. The summed E-state index contributed by atoms with van der Waals surface area (Å²) in [7, 11) is 0. The summed E-state index contributed by atoms with van der Waals surface area (Å²) in [5.74, 6) is 2.01. The van der Waals surface area contributed by atoms with E-state index in [1.807, 2.05) is 4.68 Å². The van der Waals surface area contributed by atoms with Crippen LogP contribution >= 0.6 is 0 Å². The van der Waals surface area contributed by atoms with Crippen molar-refractivity contribution in [2.24, 2.45) is 17.6 Å². The number of hydrogen-bond acceptors (Lipinski definition) is 4. The van der Waals surface area contributed by atoms with E-state index in [-0.39, 0.29) is 0 Å². The lowest BCUT2D eigenvalue weighted by Crippen LogP contribution is -2.25. The van der Waals surface area contributed by atoms with Crippen molar-refractivity contribution < 1.29 is 4.74 Å². The standard InChI is InChI=1S/C13H24N4O/c1-10(2)7-17-13(15-9-16-17)8-18-12-5-3-4-11(12)6-14/h9-12H,3-8,14H2,1-2H3. The Morgan fingerprint density at radius 1 is 1.50 bits per heavy atom. The average Bonchev–Trinajstić information content (AvgIpc) is 2.94. The second-order valence-electron chi connectivity index (χ2n) is 5.53. The molecule has 5 heteroatoms. The van der Waals surface area contributed by atoms with E-state index in [4.69, 9.17) is 10.5 Å². The molecular formula is C13H24N4O. The van der Waals surface area contributed by atoms with Crippen LogP contribution in [-0.2, 0) is 17.9 Å². The molecule has 1 fully saturated rings. The normalized spacial score (nSPS) is 24.0. The maximum Gasteiger partial charge on any atom is 0.152 e. The van der Waals surface area contributed by atoms with E-state index >= 15 is 0 Å². The lowest BCUT2D eigenvalue weighted by Gasteiger charge is -2.18. The van der Waals surface area contributed by atoms with Crippen LogP contribution < -0.4 is 5.73 Å². The van der Waals surface area contributed by atoms with E-state index in [0.29, 0.717) is 24.5 Å². The Hall–Kier alpha value is -0.940. The Bertz CT molecular complexity index is 364. The molecule has 0 saturated heterocycles. The number of nitrogens with two attached hydrogens (primary N) is 1. The first kappa shape index (κ1) is 13.5. The van der Waals surface area contributed by atoms with E-state index in [1.54, 1.807) is 6.33 Å². The molecule has 1 aromatic rings. The molecular weight excluding hydrogens is 228 g/mol. The maximum atomic E-state index is 5.97. The van der Waals surface area contributed by atoms with Crippen molar-refractivity contribution in [1.82, 2.24) is 14.8 Å². The molecule has 102 valence electrons. The van der Waals surface area contributed by atoms with Gasteiger partial charge < -0.3 is 10.5 Å². The fourth-order valence-corrected chi connectivity index (χ4v) is 2.57. The van der Waals surface area contributed by atoms with Crippen molar-refractivity contribution in [1.29, 1.82) is 0 Å². The molecule has 2 atom stereocenters. The lowest BCUT2D eigenvalue weighted by molar-refractivity contribution is 0.0128. The average molecular weight is 252 g/mol. The first-order valence-corrected chi connectivity index (χ1v) is 6.89. The third-order valence-electron chi connectivity index (χ3n) is 3.55. The second kappa shape index (κ2) is 6.29. The van der Waals surface area contributed by atoms with Crippen molar-refractivity contribution in [3.05, 3.63) is 12.2 Å². The molecule has 0 radical (unpaired) electrons. The summed E-state index contributed by atoms with van der Waals surface area (Å²) in [4.78, 5) is 4.28. The van der Waals surface area contributed by atoms with Gasteiger partial charge in [-0.3, -0.25) is 0 Å². The van der Waals surface area contributed by atoms with Gasteiger partial charge in [0.25, 0.3) is 0 Å². The van der Waals surface area contributed by atoms with E-state index < -0.39 is 0 Å². The van der Waals surface area contributed by atoms with Gasteiger partial charge in [-0.15, -0.1) is 0 Å². The zero-order valence-electron chi connectivity index (χ0n) is 11.4. The molecule has 0 spiro atoms. The maximum absolute atomic E-state index is 5.97. The highest BCUT2D eigenvalue weighted by molar-refractivity contribution is 4.84. The van der Waals surface area contributed by atoms with Gasteiger partial charge in [0, 0.05) is 6.54 Å². The Morgan fingerprint density at radius 2 is 2.33 bits per heavy atom. The number of hydrogen-bond donors (Lipinski definition) is 1.